The van der Waals surface area contributed by atoms with Crippen LogP contribution >= 0.6 is 28.1 Å². The van der Waals surface area contributed by atoms with E-state index in [4.69, 9.17) is 17.0 Å². The van der Waals surface area contributed by atoms with Gasteiger partial charge in [0.05, 0.1) is 6.10 Å². The third kappa shape index (κ3) is 3.90. The maximum atomic E-state index is 5.52. The van der Waals surface area contributed by atoms with Gasteiger partial charge in [-0.3, -0.25) is 0 Å². The van der Waals surface area contributed by atoms with E-state index >= 15 is 0 Å². The second-order valence-corrected chi connectivity index (χ2v) is 5.61. The molecule has 98 valence electrons. The molecule has 0 unspecified atom stereocenters. The first-order valence-corrected chi connectivity index (χ1v) is 7.14. The molecule has 1 saturated heterocycles. The molecule has 1 aliphatic rings. The fourth-order valence-corrected chi connectivity index (χ4v) is 2.46. The van der Waals surface area contributed by atoms with Crippen LogP contribution in [0.25, 0.3) is 0 Å². The molecule has 0 bridgehead atoms. The number of aromatic nitrogens is 1. The van der Waals surface area contributed by atoms with Crippen molar-refractivity contribution in [3.8, 4) is 0 Å². The lowest BCUT2D eigenvalue weighted by Crippen LogP contribution is -2.35. The van der Waals surface area contributed by atoms with Gasteiger partial charge in [0.15, 0.2) is 5.11 Å². The summed E-state index contributed by atoms with van der Waals surface area (Å²) in [5.74, 6) is 0.781. The lowest BCUT2D eigenvalue weighted by molar-refractivity contribution is 0.114. The molecule has 1 aromatic heterocycles. The van der Waals surface area contributed by atoms with Crippen LogP contribution < -0.4 is 10.6 Å². The Labute approximate surface area is 121 Å². The number of halogens is 1. The summed E-state index contributed by atoms with van der Waals surface area (Å²) in [4.78, 5) is 4.28. The zero-order chi connectivity index (χ0) is 13.0. The number of nitrogens with one attached hydrogen (secondary N) is 2. The smallest absolute Gasteiger partial charge is 0.172 e. The van der Waals surface area contributed by atoms with Crippen LogP contribution in [-0.2, 0) is 4.74 Å². The predicted octanol–water partition coefficient (Wildman–Crippen LogP) is 2.62. The Morgan fingerprint density at radius 2 is 2.50 bits per heavy atom. The van der Waals surface area contributed by atoms with Gasteiger partial charge in [-0.05, 0) is 59.5 Å². The van der Waals surface area contributed by atoms with Crippen LogP contribution in [0.5, 0.6) is 0 Å². The van der Waals surface area contributed by atoms with Crippen molar-refractivity contribution in [1.82, 2.24) is 10.3 Å². The van der Waals surface area contributed by atoms with E-state index in [0.717, 1.165) is 41.8 Å². The van der Waals surface area contributed by atoms with Crippen molar-refractivity contribution in [2.75, 3.05) is 18.5 Å². The molecule has 1 atom stereocenters. The number of anilines is 1. The Kier molecular flexibility index (Phi) is 4.91. The third-order valence-electron chi connectivity index (χ3n) is 2.79. The first kappa shape index (κ1) is 13.7. The quantitative estimate of drug-likeness (QED) is 0.835. The van der Waals surface area contributed by atoms with Crippen molar-refractivity contribution in [3.05, 3.63) is 22.3 Å². The summed E-state index contributed by atoms with van der Waals surface area (Å²) in [5, 5.41) is 6.84. The van der Waals surface area contributed by atoms with E-state index in [-0.39, 0.29) is 6.10 Å². The summed E-state index contributed by atoms with van der Waals surface area (Å²) in [6.45, 7) is 3.60. The fraction of sp³-hybridized carbons (Fsp3) is 0.500. The molecule has 0 aromatic carbocycles. The molecule has 6 heteroatoms. The van der Waals surface area contributed by atoms with Crippen LogP contribution in [0.1, 0.15) is 18.4 Å². The molecule has 0 radical (unpaired) electrons. The predicted molar refractivity (Wildman–Crippen MR) is 79.9 cm³/mol. The maximum Gasteiger partial charge on any atom is 0.172 e. The average Bonchev–Trinajstić information content (AvgIpc) is 2.83. The van der Waals surface area contributed by atoms with Gasteiger partial charge in [0.2, 0.25) is 0 Å². The molecule has 4 nitrogen and oxygen atoms in total. The molecular formula is C12H16BrN3OS. The first-order chi connectivity index (χ1) is 8.65. The van der Waals surface area contributed by atoms with Crippen molar-refractivity contribution in [2.45, 2.75) is 25.9 Å². The highest BCUT2D eigenvalue weighted by Gasteiger charge is 2.15. The normalized spacial score (nSPS) is 18.7. The number of rotatable bonds is 3. The molecule has 0 amide bonds. The van der Waals surface area contributed by atoms with Gasteiger partial charge < -0.3 is 15.4 Å². The Morgan fingerprint density at radius 1 is 1.67 bits per heavy atom. The Hall–Kier alpha value is -0.720. The first-order valence-electron chi connectivity index (χ1n) is 5.94. The second-order valence-electron chi connectivity index (χ2n) is 4.29. The minimum absolute atomic E-state index is 0.281. The van der Waals surface area contributed by atoms with Gasteiger partial charge in [0.25, 0.3) is 0 Å². The zero-order valence-electron chi connectivity index (χ0n) is 10.2. The van der Waals surface area contributed by atoms with Crippen LogP contribution in [0.15, 0.2) is 16.7 Å². The Morgan fingerprint density at radius 3 is 3.17 bits per heavy atom. The van der Waals surface area contributed by atoms with E-state index in [1.165, 1.54) is 0 Å². The average molecular weight is 330 g/mol. The van der Waals surface area contributed by atoms with Gasteiger partial charge in [-0.25, -0.2) is 4.98 Å². The summed E-state index contributed by atoms with van der Waals surface area (Å²) in [6, 6.07) is 2.00. The highest BCUT2D eigenvalue weighted by Crippen LogP contribution is 2.16. The molecule has 0 saturated carbocycles. The van der Waals surface area contributed by atoms with Crippen molar-refractivity contribution in [1.29, 1.82) is 0 Å². The molecule has 2 heterocycles. The van der Waals surface area contributed by atoms with Crippen LogP contribution in [0.3, 0.4) is 0 Å². The van der Waals surface area contributed by atoms with Gasteiger partial charge in [-0.1, -0.05) is 0 Å². The van der Waals surface area contributed by atoms with Gasteiger partial charge in [0.1, 0.15) is 5.82 Å². The number of thiocarbonyl (C=S) groups is 1. The van der Waals surface area contributed by atoms with Gasteiger partial charge in [-0.15, -0.1) is 0 Å². The van der Waals surface area contributed by atoms with E-state index in [2.05, 4.69) is 31.5 Å². The van der Waals surface area contributed by atoms with Crippen molar-refractivity contribution in [2.24, 2.45) is 0 Å². The lowest BCUT2D eigenvalue weighted by atomic mass is 10.2. The number of nitrogens with zero attached hydrogens (tertiary/aromatic N) is 1. The van der Waals surface area contributed by atoms with E-state index < -0.39 is 0 Å². The molecule has 1 aromatic rings. The molecule has 1 fully saturated rings. The largest absolute Gasteiger partial charge is 0.376 e. The molecule has 2 rings (SSSR count). The van der Waals surface area contributed by atoms with Crippen LogP contribution in [-0.4, -0.2) is 29.4 Å². The highest BCUT2D eigenvalue weighted by molar-refractivity contribution is 9.10. The van der Waals surface area contributed by atoms with Crippen molar-refractivity contribution < 1.29 is 4.74 Å². The number of aryl methyl sites for hydroxylation is 1. The monoisotopic (exact) mass is 329 g/mol. The zero-order valence-corrected chi connectivity index (χ0v) is 12.6. The topological polar surface area (TPSA) is 46.2 Å². The van der Waals surface area contributed by atoms with E-state index in [1.54, 1.807) is 6.20 Å². The molecule has 0 spiro atoms. The lowest BCUT2D eigenvalue weighted by Gasteiger charge is -2.14. The number of hydrogen-bond acceptors (Lipinski definition) is 3. The number of hydrogen-bond donors (Lipinski definition) is 2. The van der Waals surface area contributed by atoms with E-state index in [1.807, 2.05) is 13.0 Å². The fourth-order valence-electron chi connectivity index (χ4n) is 1.83. The van der Waals surface area contributed by atoms with Gasteiger partial charge >= 0.3 is 0 Å². The highest BCUT2D eigenvalue weighted by atomic mass is 79.9. The second kappa shape index (κ2) is 6.45. The SMILES string of the molecule is Cc1cc(Br)cnc1NC(=S)NC[C@@H]1CCCO1. The summed E-state index contributed by atoms with van der Waals surface area (Å²) in [6.07, 6.45) is 4.27. The minimum Gasteiger partial charge on any atom is -0.376 e. The van der Waals surface area contributed by atoms with E-state index in [9.17, 15) is 0 Å². The number of ether oxygens (including phenoxy) is 1. The number of pyridine rings is 1. The third-order valence-corrected chi connectivity index (χ3v) is 3.47. The van der Waals surface area contributed by atoms with Gasteiger partial charge in [-0.2, -0.15) is 0 Å². The standard InChI is InChI=1S/C12H16BrN3OS/c1-8-5-9(13)6-14-11(8)16-12(18)15-7-10-3-2-4-17-10/h5-6,10H,2-4,7H2,1H3,(H2,14,15,16,18)/t10-/m0/s1. The van der Waals surface area contributed by atoms with Crippen LogP contribution in [0, 0.1) is 6.92 Å². The van der Waals surface area contributed by atoms with Crippen LogP contribution in [0.4, 0.5) is 5.82 Å². The minimum atomic E-state index is 0.281. The Bertz CT molecular complexity index is 435. The van der Waals surface area contributed by atoms with Crippen molar-refractivity contribution >= 4 is 39.1 Å². The van der Waals surface area contributed by atoms with Crippen LogP contribution in [0.2, 0.25) is 0 Å². The van der Waals surface area contributed by atoms with Crippen molar-refractivity contribution in [3.63, 3.8) is 0 Å². The molecule has 0 aliphatic carbocycles. The summed E-state index contributed by atoms with van der Waals surface area (Å²) >= 11 is 8.62. The molecular weight excluding hydrogens is 314 g/mol. The molecule has 18 heavy (non-hydrogen) atoms. The Balaban J connectivity index is 1.82. The summed E-state index contributed by atoms with van der Waals surface area (Å²) < 4.78 is 6.48. The summed E-state index contributed by atoms with van der Waals surface area (Å²) in [5.41, 5.74) is 1.05. The molecule has 2 N–H and O–H groups in total. The van der Waals surface area contributed by atoms with Gasteiger partial charge in [0, 0.05) is 23.8 Å². The molecule has 1 aliphatic heterocycles. The summed E-state index contributed by atoms with van der Waals surface area (Å²) in [7, 11) is 0. The maximum absolute atomic E-state index is 5.52. The van der Waals surface area contributed by atoms with E-state index in [0.29, 0.717) is 5.11 Å².